The van der Waals surface area contributed by atoms with E-state index in [1.165, 1.54) is 17.0 Å². The molecule has 0 saturated carbocycles. The van der Waals surface area contributed by atoms with E-state index in [1.807, 2.05) is 0 Å². The minimum absolute atomic E-state index is 0.00870. The van der Waals surface area contributed by atoms with Gasteiger partial charge < -0.3 is 14.7 Å². The van der Waals surface area contributed by atoms with Crippen LogP contribution in [0.1, 0.15) is 36.0 Å². The second-order valence-electron chi connectivity index (χ2n) is 9.46. The van der Waals surface area contributed by atoms with Gasteiger partial charge in [-0.05, 0) is 49.1 Å². The van der Waals surface area contributed by atoms with Crippen LogP contribution in [0.5, 0.6) is 5.75 Å². The molecule has 0 bridgehead atoms. The lowest BCUT2D eigenvalue weighted by molar-refractivity contribution is -0.376. The third-order valence-electron chi connectivity index (χ3n) is 6.87. The molecule has 3 aromatic carbocycles. The van der Waals surface area contributed by atoms with Gasteiger partial charge in [-0.1, -0.05) is 71.7 Å². The van der Waals surface area contributed by atoms with E-state index in [9.17, 15) is 36.2 Å². The van der Waals surface area contributed by atoms with Gasteiger partial charge in [0.2, 0.25) is 5.91 Å². The van der Waals surface area contributed by atoms with Crippen LogP contribution in [0.15, 0.2) is 66.7 Å². The Morgan fingerprint density at radius 3 is 2.12 bits per heavy atom. The summed E-state index contributed by atoms with van der Waals surface area (Å²) in [6.07, 6.45) is -12.8. The number of para-hydroxylation sites is 1. The molecule has 0 aliphatic carbocycles. The average Bonchev–Trinajstić information content (AvgIpc) is 3.08. The molecule has 4 rings (SSSR count). The molecular weight excluding hydrogens is 583 g/mol. The van der Waals surface area contributed by atoms with Crippen LogP contribution >= 0.6 is 23.2 Å². The summed E-state index contributed by atoms with van der Waals surface area (Å²) < 4.78 is 87.6. The summed E-state index contributed by atoms with van der Waals surface area (Å²) in [6, 6.07) is 15.6. The van der Waals surface area contributed by atoms with Gasteiger partial charge in [-0.15, -0.1) is 0 Å². The number of nitrogens with zero attached hydrogens (tertiary/aromatic N) is 1. The number of hydrogen-bond acceptors (Lipinski definition) is 3. The van der Waals surface area contributed by atoms with Crippen LogP contribution in [-0.2, 0) is 16.8 Å². The molecule has 1 aliphatic heterocycles. The predicted molar refractivity (Wildman–Crippen MR) is 139 cm³/mol. The maximum atomic E-state index is 13.8. The highest BCUT2D eigenvalue weighted by molar-refractivity contribution is 6.37. The first-order valence-corrected chi connectivity index (χ1v) is 12.9. The van der Waals surface area contributed by atoms with Crippen molar-refractivity contribution >= 4 is 34.8 Å². The number of benzene rings is 3. The molecule has 0 radical (unpaired) electrons. The zero-order chi connectivity index (χ0) is 29.5. The highest BCUT2D eigenvalue weighted by Crippen LogP contribution is 2.51. The van der Waals surface area contributed by atoms with E-state index in [1.54, 1.807) is 43.3 Å². The zero-order valence-corrected chi connectivity index (χ0v) is 22.4. The van der Waals surface area contributed by atoms with Crippen LogP contribution < -0.4 is 9.64 Å². The molecule has 1 amide bonds. The predicted octanol–water partition coefficient (Wildman–Crippen LogP) is 7.84. The van der Waals surface area contributed by atoms with Crippen LogP contribution in [0.4, 0.5) is 32.0 Å². The lowest BCUT2D eigenvalue weighted by atomic mass is 9.89. The normalized spacial score (nSPS) is 17.1. The smallest absolute Gasteiger partial charge is 0.430 e. The Balaban J connectivity index is 1.79. The van der Waals surface area contributed by atoms with Gasteiger partial charge in [-0.3, -0.25) is 4.79 Å². The number of alkyl halides is 6. The highest BCUT2D eigenvalue weighted by atomic mass is 35.5. The van der Waals surface area contributed by atoms with Gasteiger partial charge in [0, 0.05) is 11.3 Å². The molecule has 4 nitrogen and oxygen atoms in total. The molecule has 1 N–H and O–H groups in total. The van der Waals surface area contributed by atoms with E-state index in [2.05, 4.69) is 0 Å². The second-order valence-corrected chi connectivity index (χ2v) is 10.3. The molecule has 0 aromatic heterocycles. The quantitative estimate of drug-likeness (QED) is 0.301. The van der Waals surface area contributed by atoms with Gasteiger partial charge in [-0.25, -0.2) is 0 Å². The number of halogens is 8. The van der Waals surface area contributed by atoms with Gasteiger partial charge >= 0.3 is 12.4 Å². The van der Waals surface area contributed by atoms with E-state index < -0.39 is 41.4 Å². The van der Waals surface area contributed by atoms with E-state index >= 15 is 0 Å². The number of carbonyl (C=O) groups is 1. The molecule has 0 fully saturated rings. The van der Waals surface area contributed by atoms with E-state index in [0.717, 1.165) is 6.07 Å². The minimum Gasteiger partial charge on any atom is -0.485 e. The summed E-state index contributed by atoms with van der Waals surface area (Å²) in [4.78, 5) is 15.0. The third-order valence-corrected chi connectivity index (χ3v) is 7.47. The Kier molecular flexibility index (Phi) is 8.36. The van der Waals surface area contributed by atoms with Gasteiger partial charge in [0.25, 0.3) is 5.60 Å². The Bertz CT molecular complexity index is 1350. The number of hydrogen-bond donors (Lipinski definition) is 1. The van der Waals surface area contributed by atoms with Gasteiger partial charge in [0.1, 0.15) is 6.10 Å². The third kappa shape index (κ3) is 5.62. The van der Waals surface area contributed by atoms with Crippen molar-refractivity contribution in [1.82, 2.24) is 0 Å². The first-order chi connectivity index (χ1) is 18.6. The van der Waals surface area contributed by atoms with Crippen molar-refractivity contribution in [1.29, 1.82) is 0 Å². The van der Waals surface area contributed by atoms with Crippen molar-refractivity contribution in [2.24, 2.45) is 0 Å². The Labute approximate surface area is 236 Å². The highest BCUT2D eigenvalue weighted by Gasteiger charge is 2.71. The standard InChI is InChI=1S/C28H23Cl2F6NO3/c1-16(17-6-3-2-4-7-17)25(38)37-15-20(40-24-21(29)8-5-9-22(24)30)12-10-18-14-19(11-13-23(18)37)26(39,27(31,32)33)28(34,35)36/h2-9,11,13-14,16,20,39H,10,12,15H2,1H3. The van der Waals surface area contributed by atoms with Crippen molar-refractivity contribution in [3.05, 3.63) is 93.5 Å². The number of rotatable bonds is 5. The monoisotopic (exact) mass is 605 g/mol. The first kappa shape index (κ1) is 30.0. The number of anilines is 1. The number of amides is 1. The summed E-state index contributed by atoms with van der Waals surface area (Å²) >= 11 is 12.5. The molecule has 40 heavy (non-hydrogen) atoms. The molecule has 0 saturated heterocycles. The number of ether oxygens (including phenoxy) is 1. The van der Waals surface area contributed by atoms with Crippen molar-refractivity contribution in [3.63, 3.8) is 0 Å². The van der Waals surface area contributed by atoms with Crippen molar-refractivity contribution in [3.8, 4) is 5.75 Å². The summed E-state index contributed by atoms with van der Waals surface area (Å²) in [5.74, 6) is -1.03. The molecule has 12 heteroatoms. The molecule has 0 spiro atoms. The van der Waals surface area contributed by atoms with Crippen molar-refractivity contribution in [2.45, 2.75) is 49.7 Å². The maximum absolute atomic E-state index is 13.8. The fourth-order valence-corrected chi connectivity index (χ4v) is 5.14. The number of aryl methyl sites for hydroxylation is 1. The van der Waals surface area contributed by atoms with Crippen LogP contribution in [0, 0.1) is 0 Å². The fraction of sp³-hybridized carbons (Fsp3) is 0.321. The lowest BCUT2D eigenvalue weighted by Gasteiger charge is -2.34. The molecule has 2 atom stereocenters. The van der Waals surface area contributed by atoms with Gasteiger partial charge in [0.15, 0.2) is 5.75 Å². The molecule has 214 valence electrons. The second kappa shape index (κ2) is 11.1. The Hall–Kier alpha value is -2.95. The maximum Gasteiger partial charge on any atom is 0.430 e. The summed E-state index contributed by atoms with van der Waals surface area (Å²) in [6.45, 7) is 1.55. The lowest BCUT2D eigenvalue weighted by Crippen LogP contribution is -2.54. The molecule has 1 aliphatic rings. The fourth-order valence-electron chi connectivity index (χ4n) is 4.66. The molecule has 2 unspecified atom stereocenters. The molecular formula is C28H23Cl2F6NO3. The summed E-state index contributed by atoms with van der Waals surface area (Å²) in [5, 5.41) is 10.3. The average molecular weight is 606 g/mol. The number of carbonyl (C=O) groups excluding carboxylic acids is 1. The summed E-state index contributed by atoms with van der Waals surface area (Å²) in [7, 11) is 0. The van der Waals surface area contributed by atoms with E-state index in [-0.39, 0.29) is 46.4 Å². The van der Waals surface area contributed by atoms with Crippen molar-refractivity contribution < 1.29 is 41.0 Å². The zero-order valence-electron chi connectivity index (χ0n) is 20.9. The molecule has 1 heterocycles. The van der Waals surface area contributed by atoms with Crippen LogP contribution in [0.2, 0.25) is 10.0 Å². The van der Waals surface area contributed by atoms with Gasteiger partial charge in [0.05, 0.1) is 22.5 Å². The molecule has 3 aromatic rings. The van der Waals surface area contributed by atoms with Crippen molar-refractivity contribution in [2.75, 3.05) is 11.4 Å². The van der Waals surface area contributed by atoms with Crippen LogP contribution in [0.3, 0.4) is 0 Å². The minimum atomic E-state index is -6.05. The van der Waals surface area contributed by atoms with Crippen LogP contribution in [-0.4, -0.2) is 36.0 Å². The van der Waals surface area contributed by atoms with E-state index in [4.69, 9.17) is 27.9 Å². The number of aliphatic hydroxyl groups is 1. The first-order valence-electron chi connectivity index (χ1n) is 12.1. The van der Waals surface area contributed by atoms with E-state index in [0.29, 0.717) is 17.7 Å². The van der Waals surface area contributed by atoms with Gasteiger partial charge in [-0.2, -0.15) is 26.3 Å². The van der Waals surface area contributed by atoms with Crippen LogP contribution in [0.25, 0.3) is 0 Å². The SMILES string of the molecule is CC(C(=O)N1CC(Oc2c(Cl)cccc2Cl)CCc2cc(C(O)(C(F)(F)F)C(F)(F)F)ccc21)c1ccccc1. The summed E-state index contributed by atoms with van der Waals surface area (Å²) in [5.41, 5.74) is -5.73. The number of fused-ring (bicyclic) bond motifs is 1. The largest absolute Gasteiger partial charge is 0.485 e. The Morgan fingerprint density at radius 1 is 0.950 bits per heavy atom. The Morgan fingerprint density at radius 2 is 1.55 bits per heavy atom. The topological polar surface area (TPSA) is 49.8 Å².